The molecule has 2 unspecified atom stereocenters. The zero-order chi connectivity index (χ0) is 13.0. The van der Waals surface area contributed by atoms with Crippen LogP contribution in [0.2, 0.25) is 0 Å². The molecule has 0 spiro atoms. The summed E-state index contributed by atoms with van der Waals surface area (Å²) in [4.78, 5) is 0. The molecule has 1 aromatic carbocycles. The summed E-state index contributed by atoms with van der Waals surface area (Å²) in [6, 6.07) is 4.92. The second-order valence-electron chi connectivity index (χ2n) is 4.60. The zero-order valence-electron chi connectivity index (χ0n) is 10.8. The number of hydrogen-bond donors (Lipinski definition) is 2. The first-order valence-corrected chi connectivity index (χ1v) is 5.76. The topological polar surface area (TPSA) is 47.3 Å². The van der Waals surface area contributed by atoms with Gasteiger partial charge in [-0.2, -0.15) is 0 Å². The van der Waals surface area contributed by atoms with Crippen molar-refractivity contribution in [3.63, 3.8) is 0 Å². The summed E-state index contributed by atoms with van der Waals surface area (Å²) in [5.41, 5.74) is 4.14. The van der Waals surface area contributed by atoms with Gasteiger partial charge in [-0.1, -0.05) is 26.0 Å². The largest absolute Gasteiger partial charge is 0.379 e. The molecule has 0 aliphatic rings. The Balaban J connectivity index is 3.03. The maximum atomic E-state index is 13.5. The molecule has 0 saturated heterocycles. The molecule has 4 heteroatoms. The van der Waals surface area contributed by atoms with Crippen LogP contribution >= 0.6 is 0 Å². The van der Waals surface area contributed by atoms with E-state index >= 15 is 0 Å². The molecular formula is C13H21FN2O. The summed E-state index contributed by atoms with van der Waals surface area (Å²) in [5.74, 6) is 5.62. The van der Waals surface area contributed by atoms with Gasteiger partial charge in [0, 0.05) is 7.11 Å². The highest BCUT2D eigenvalue weighted by Crippen LogP contribution is 2.25. The van der Waals surface area contributed by atoms with Crippen LogP contribution in [-0.2, 0) is 4.74 Å². The first kappa shape index (κ1) is 14.1. The fraction of sp³-hybridized carbons (Fsp3) is 0.538. The summed E-state index contributed by atoms with van der Waals surface area (Å²) in [7, 11) is 1.64. The van der Waals surface area contributed by atoms with Crippen molar-refractivity contribution in [1.29, 1.82) is 0 Å². The lowest BCUT2D eigenvalue weighted by molar-refractivity contribution is 0.0325. The minimum absolute atomic E-state index is 0.0953. The Morgan fingerprint density at radius 3 is 2.41 bits per heavy atom. The van der Waals surface area contributed by atoms with Crippen molar-refractivity contribution in [2.75, 3.05) is 7.11 Å². The Kier molecular flexibility index (Phi) is 5.05. The summed E-state index contributed by atoms with van der Waals surface area (Å²) in [6.45, 7) is 5.83. The molecule has 17 heavy (non-hydrogen) atoms. The van der Waals surface area contributed by atoms with Crippen molar-refractivity contribution in [1.82, 2.24) is 5.43 Å². The van der Waals surface area contributed by atoms with Gasteiger partial charge < -0.3 is 4.74 Å². The number of hydrazine groups is 1. The van der Waals surface area contributed by atoms with E-state index in [0.29, 0.717) is 5.56 Å². The second kappa shape index (κ2) is 6.10. The van der Waals surface area contributed by atoms with E-state index < -0.39 is 0 Å². The predicted molar refractivity (Wildman–Crippen MR) is 66.8 cm³/mol. The predicted octanol–water partition coefficient (Wildman–Crippen LogP) is 2.31. The molecule has 0 amide bonds. The zero-order valence-corrected chi connectivity index (χ0v) is 10.8. The molecule has 0 aliphatic heterocycles. The average Bonchev–Trinajstić information content (AvgIpc) is 2.29. The van der Waals surface area contributed by atoms with E-state index in [4.69, 9.17) is 10.6 Å². The maximum Gasteiger partial charge on any atom is 0.126 e. The van der Waals surface area contributed by atoms with Crippen LogP contribution in [-0.4, -0.2) is 13.2 Å². The lowest BCUT2D eigenvalue weighted by atomic mass is 9.93. The second-order valence-corrected chi connectivity index (χ2v) is 4.60. The molecule has 0 radical (unpaired) electrons. The Labute approximate surface area is 102 Å². The first-order chi connectivity index (χ1) is 8.01. The van der Waals surface area contributed by atoms with Crippen LogP contribution in [0.5, 0.6) is 0 Å². The highest BCUT2D eigenvalue weighted by molar-refractivity contribution is 5.26. The lowest BCUT2D eigenvalue weighted by Gasteiger charge is -2.29. The quantitative estimate of drug-likeness (QED) is 0.613. The molecule has 0 saturated carbocycles. The number of aryl methyl sites for hydroxylation is 1. The molecule has 3 N–H and O–H groups in total. The highest BCUT2D eigenvalue weighted by atomic mass is 19.1. The number of hydrogen-bond acceptors (Lipinski definition) is 3. The number of nitrogens with one attached hydrogen (secondary N) is 1. The van der Waals surface area contributed by atoms with Crippen molar-refractivity contribution >= 4 is 0 Å². The molecule has 0 fully saturated rings. The van der Waals surface area contributed by atoms with Gasteiger partial charge in [-0.15, -0.1) is 0 Å². The SMILES string of the molecule is COC(C(C)C)C(NN)c1ccc(C)c(F)c1. The van der Waals surface area contributed by atoms with Crippen LogP contribution in [0.25, 0.3) is 0 Å². The monoisotopic (exact) mass is 240 g/mol. The van der Waals surface area contributed by atoms with Gasteiger partial charge in [-0.3, -0.25) is 11.3 Å². The maximum absolute atomic E-state index is 13.5. The van der Waals surface area contributed by atoms with Gasteiger partial charge in [0.05, 0.1) is 12.1 Å². The minimum Gasteiger partial charge on any atom is -0.379 e. The van der Waals surface area contributed by atoms with Crippen molar-refractivity contribution in [3.05, 3.63) is 35.1 Å². The molecule has 1 aromatic rings. The smallest absolute Gasteiger partial charge is 0.126 e. The van der Waals surface area contributed by atoms with Gasteiger partial charge in [-0.05, 0) is 30.0 Å². The minimum atomic E-state index is -0.221. The Hall–Kier alpha value is -0.970. The van der Waals surface area contributed by atoms with Crippen LogP contribution in [0.4, 0.5) is 4.39 Å². The Morgan fingerprint density at radius 2 is 2.00 bits per heavy atom. The highest BCUT2D eigenvalue weighted by Gasteiger charge is 2.25. The fourth-order valence-corrected chi connectivity index (χ4v) is 1.98. The van der Waals surface area contributed by atoms with E-state index in [1.807, 2.05) is 19.9 Å². The van der Waals surface area contributed by atoms with E-state index in [9.17, 15) is 4.39 Å². The third-order valence-electron chi connectivity index (χ3n) is 2.99. The van der Waals surface area contributed by atoms with Crippen LogP contribution in [0.1, 0.15) is 31.0 Å². The summed E-state index contributed by atoms with van der Waals surface area (Å²) < 4.78 is 19.0. The van der Waals surface area contributed by atoms with E-state index in [1.165, 1.54) is 6.07 Å². The molecule has 0 bridgehead atoms. The molecule has 96 valence electrons. The third-order valence-corrected chi connectivity index (χ3v) is 2.99. The third kappa shape index (κ3) is 3.25. The van der Waals surface area contributed by atoms with Gasteiger partial charge in [0.1, 0.15) is 5.82 Å². The van der Waals surface area contributed by atoms with Crippen LogP contribution in [0.15, 0.2) is 18.2 Å². The van der Waals surface area contributed by atoms with Crippen LogP contribution < -0.4 is 11.3 Å². The van der Waals surface area contributed by atoms with Crippen LogP contribution in [0, 0.1) is 18.7 Å². The number of halogens is 1. The first-order valence-electron chi connectivity index (χ1n) is 5.76. The summed E-state index contributed by atoms with van der Waals surface area (Å²) in [5, 5.41) is 0. The number of rotatable bonds is 5. The van der Waals surface area contributed by atoms with Gasteiger partial charge in [0.15, 0.2) is 0 Å². The van der Waals surface area contributed by atoms with Gasteiger partial charge >= 0.3 is 0 Å². The van der Waals surface area contributed by atoms with Crippen molar-refractivity contribution in [2.45, 2.75) is 32.9 Å². The fourth-order valence-electron chi connectivity index (χ4n) is 1.98. The molecule has 0 aliphatic carbocycles. The Bertz CT molecular complexity index is 368. The standard InChI is InChI=1S/C13H21FN2O/c1-8(2)13(17-4)12(16-15)10-6-5-9(3)11(14)7-10/h5-8,12-13,16H,15H2,1-4H3. The van der Waals surface area contributed by atoms with Gasteiger partial charge in [-0.25, -0.2) is 4.39 Å². The molecule has 1 rings (SSSR count). The summed E-state index contributed by atoms with van der Waals surface area (Å²) in [6.07, 6.45) is -0.0953. The molecule has 3 nitrogen and oxygen atoms in total. The lowest BCUT2D eigenvalue weighted by Crippen LogP contribution is -2.40. The molecule has 2 atom stereocenters. The normalized spacial score (nSPS) is 15.0. The van der Waals surface area contributed by atoms with Crippen molar-refractivity contribution in [3.8, 4) is 0 Å². The number of ether oxygens (including phenoxy) is 1. The number of methoxy groups -OCH3 is 1. The number of benzene rings is 1. The summed E-state index contributed by atoms with van der Waals surface area (Å²) >= 11 is 0. The van der Waals surface area contributed by atoms with E-state index in [1.54, 1.807) is 20.1 Å². The van der Waals surface area contributed by atoms with E-state index in [-0.39, 0.29) is 23.9 Å². The average molecular weight is 240 g/mol. The van der Waals surface area contributed by atoms with Gasteiger partial charge in [0.25, 0.3) is 0 Å². The van der Waals surface area contributed by atoms with E-state index in [2.05, 4.69) is 5.43 Å². The van der Waals surface area contributed by atoms with Gasteiger partial charge in [0.2, 0.25) is 0 Å². The van der Waals surface area contributed by atoms with Crippen molar-refractivity contribution in [2.24, 2.45) is 11.8 Å². The number of nitrogens with two attached hydrogens (primary N) is 1. The molecular weight excluding hydrogens is 219 g/mol. The van der Waals surface area contributed by atoms with Crippen LogP contribution in [0.3, 0.4) is 0 Å². The molecule has 0 heterocycles. The Morgan fingerprint density at radius 1 is 1.35 bits per heavy atom. The molecule has 0 aromatic heterocycles. The van der Waals surface area contributed by atoms with E-state index in [0.717, 1.165) is 5.56 Å². The van der Waals surface area contributed by atoms with Crippen molar-refractivity contribution < 1.29 is 9.13 Å².